The molecule has 2 fully saturated rings. The van der Waals surface area contributed by atoms with Crippen LogP contribution in [0.3, 0.4) is 0 Å². The second-order valence-electron chi connectivity index (χ2n) is 8.08. The van der Waals surface area contributed by atoms with Crippen LogP contribution >= 0.6 is 0 Å². The molecule has 25 heavy (non-hydrogen) atoms. The van der Waals surface area contributed by atoms with Gasteiger partial charge in [-0.15, -0.1) is 0 Å². The van der Waals surface area contributed by atoms with Crippen LogP contribution in [0.2, 0.25) is 0 Å². The van der Waals surface area contributed by atoms with E-state index in [1.165, 1.54) is 36.8 Å². The summed E-state index contributed by atoms with van der Waals surface area (Å²) in [5.74, 6) is 0.695. The largest absolute Gasteiger partial charge is 0.364 e. The smallest absolute Gasteiger partial charge is 0.250 e. The predicted octanol–water partition coefficient (Wildman–Crippen LogP) is 4.03. The topological polar surface area (TPSA) is 37.4 Å². The first-order chi connectivity index (χ1) is 12.0. The van der Waals surface area contributed by atoms with E-state index in [1.807, 2.05) is 6.92 Å². The maximum Gasteiger partial charge on any atom is 0.250 e. The first kappa shape index (κ1) is 16.6. The molecule has 132 valence electrons. The van der Waals surface area contributed by atoms with E-state index in [2.05, 4.69) is 30.9 Å². The molecule has 0 radical (unpaired) electrons. The van der Waals surface area contributed by atoms with Gasteiger partial charge in [0.05, 0.1) is 5.56 Å². The van der Waals surface area contributed by atoms with Gasteiger partial charge in [-0.3, -0.25) is 9.59 Å². The van der Waals surface area contributed by atoms with Crippen LogP contribution in [-0.4, -0.2) is 12.6 Å². The summed E-state index contributed by atoms with van der Waals surface area (Å²) in [4.78, 5) is 27.3. The molecule has 1 aliphatic carbocycles. The van der Waals surface area contributed by atoms with Gasteiger partial charge in [-0.05, 0) is 74.6 Å². The second-order valence-corrected chi connectivity index (χ2v) is 8.08. The van der Waals surface area contributed by atoms with Crippen molar-refractivity contribution in [2.75, 3.05) is 11.4 Å². The van der Waals surface area contributed by atoms with Crippen molar-refractivity contribution in [3.8, 4) is 11.1 Å². The molecule has 2 aromatic carbocycles. The average molecular weight is 337 g/mol. The summed E-state index contributed by atoms with van der Waals surface area (Å²) in [7, 11) is 0. The summed E-state index contributed by atoms with van der Waals surface area (Å²) in [5, 5.41) is 0. The number of aryl methyl sites for hydroxylation is 3. The van der Waals surface area contributed by atoms with Crippen molar-refractivity contribution in [1.82, 2.24) is 0 Å². The molecule has 1 aliphatic heterocycles. The fraction of sp³-hybridized carbons (Fsp3) is 0.545. The highest BCUT2D eigenvalue weighted by Crippen LogP contribution is 2.40. The van der Waals surface area contributed by atoms with E-state index in [9.17, 15) is 9.59 Å². The van der Waals surface area contributed by atoms with Crippen LogP contribution in [0, 0.1) is 26.7 Å². The summed E-state index contributed by atoms with van der Waals surface area (Å²) < 4.78 is 0. The van der Waals surface area contributed by atoms with Gasteiger partial charge < -0.3 is 4.90 Å². The van der Waals surface area contributed by atoms with E-state index >= 15 is 0 Å². The molecular formula is C22H27NO2. The van der Waals surface area contributed by atoms with Crippen molar-refractivity contribution >= 4 is 5.69 Å². The number of anilines is 1. The average Bonchev–Trinajstić information content (AvgIpc) is 2.62. The van der Waals surface area contributed by atoms with E-state index in [-0.39, 0.29) is 10.9 Å². The Balaban J connectivity index is 1.80. The minimum atomic E-state index is -0.292. The Morgan fingerprint density at radius 2 is 1.52 bits per heavy atom. The SMILES string of the molecule is Cc1cc(C)c(-c2c(N3CCC[C@H]4CCCC[C@@H]43)c(=O)c2=O)cc1C. The molecule has 2 aromatic rings. The highest BCUT2D eigenvalue weighted by molar-refractivity contribution is 5.85. The number of benzene rings is 1. The van der Waals surface area contributed by atoms with Gasteiger partial charge in [0.25, 0.3) is 0 Å². The summed E-state index contributed by atoms with van der Waals surface area (Å²) in [6.45, 7) is 7.12. The van der Waals surface area contributed by atoms with Crippen molar-refractivity contribution in [3.63, 3.8) is 0 Å². The van der Waals surface area contributed by atoms with Crippen LogP contribution in [0.15, 0.2) is 21.7 Å². The maximum atomic E-state index is 12.5. The lowest BCUT2D eigenvalue weighted by molar-refractivity contribution is 0.243. The van der Waals surface area contributed by atoms with Crippen molar-refractivity contribution in [2.24, 2.45) is 5.92 Å². The van der Waals surface area contributed by atoms with Gasteiger partial charge in [-0.25, -0.2) is 0 Å². The molecule has 3 heteroatoms. The van der Waals surface area contributed by atoms with Crippen molar-refractivity contribution in [1.29, 1.82) is 0 Å². The summed E-state index contributed by atoms with van der Waals surface area (Å²) in [6.07, 6.45) is 7.39. The fourth-order valence-electron chi connectivity index (χ4n) is 5.04. The Labute approximate surface area is 149 Å². The number of piperidine rings is 1. The third-order valence-corrected chi connectivity index (χ3v) is 6.53. The molecule has 0 N–H and O–H groups in total. The first-order valence-corrected chi connectivity index (χ1v) is 9.67. The van der Waals surface area contributed by atoms with Gasteiger partial charge in [0, 0.05) is 12.6 Å². The number of rotatable bonds is 2. The van der Waals surface area contributed by atoms with E-state index < -0.39 is 0 Å². The summed E-state index contributed by atoms with van der Waals surface area (Å²) >= 11 is 0. The molecule has 0 unspecified atom stereocenters. The zero-order chi connectivity index (χ0) is 17.7. The molecule has 0 spiro atoms. The van der Waals surface area contributed by atoms with Crippen molar-refractivity contribution in [3.05, 3.63) is 49.3 Å². The normalized spacial score (nSPS) is 23.7. The van der Waals surface area contributed by atoms with Crippen LogP contribution in [0.25, 0.3) is 11.1 Å². The van der Waals surface area contributed by atoms with Crippen LogP contribution in [0.4, 0.5) is 5.69 Å². The number of hydrogen-bond acceptors (Lipinski definition) is 3. The molecule has 1 heterocycles. The van der Waals surface area contributed by atoms with Crippen LogP contribution in [-0.2, 0) is 0 Å². The molecule has 2 atom stereocenters. The monoisotopic (exact) mass is 337 g/mol. The summed E-state index contributed by atoms with van der Waals surface area (Å²) in [5.41, 5.74) is 5.29. The molecule has 1 saturated heterocycles. The lowest BCUT2D eigenvalue weighted by Crippen LogP contribution is -2.52. The maximum absolute atomic E-state index is 12.5. The van der Waals surface area contributed by atoms with Crippen LogP contribution < -0.4 is 15.8 Å². The van der Waals surface area contributed by atoms with E-state index in [1.54, 1.807) is 0 Å². The van der Waals surface area contributed by atoms with Crippen LogP contribution in [0.1, 0.15) is 55.2 Å². The standard InChI is InChI=1S/C22H27NO2/c1-13-11-15(3)17(12-14(13)2)19-20(22(25)21(19)24)23-10-6-8-16-7-4-5-9-18(16)23/h11-12,16,18H,4-10H2,1-3H3/t16-,18+/m1/s1. The Hall–Kier alpha value is -1.90. The van der Waals surface area contributed by atoms with Gasteiger partial charge in [0.15, 0.2) is 0 Å². The third-order valence-electron chi connectivity index (χ3n) is 6.53. The highest BCUT2D eigenvalue weighted by atomic mass is 16.2. The molecule has 2 aliphatic rings. The molecular weight excluding hydrogens is 310 g/mol. The molecule has 0 aromatic heterocycles. The summed E-state index contributed by atoms with van der Waals surface area (Å²) in [6, 6.07) is 4.67. The molecule has 3 nitrogen and oxygen atoms in total. The lowest BCUT2D eigenvalue weighted by atomic mass is 9.77. The van der Waals surface area contributed by atoms with Gasteiger partial charge >= 0.3 is 0 Å². The van der Waals surface area contributed by atoms with E-state index in [4.69, 9.17) is 0 Å². The highest BCUT2D eigenvalue weighted by Gasteiger charge is 2.38. The Morgan fingerprint density at radius 1 is 0.840 bits per heavy atom. The number of hydrogen-bond donors (Lipinski definition) is 0. The second kappa shape index (κ2) is 6.12. The lowest BCUT2D eigenvalue weighted by Gasteiger charge is -2.46. The zero-order valence-electron chi connectivity index (χ0n) is 15.5. The minimum Gasteiger partial charge on any atom is -0.364 e. The third kappa shape index (κ3) is 2.56. The van der Waals surface area contributed by atoms with Crippen molar-refractivity contribution in [2.45, 2.75) is 65.3 Å². The first-order valence-electron chi connectivity index (χ1n) is 9.67. The minimum absolute atomic E-state index is 0.265. The van der Waals surface area contributed by atoms with E-state index in [0.717, 1.165) is 30.5 Å². The Bertz CT molecular complexity index is 886. The Kier molecular flexibility index (Phi) is 4.05. The number of nitrogens with zero attached hydrogens (tertiary/aromatic N) is 1. The molecule has 0 bridgehead atoms. The fourth-order valence-corrected chi connectivity index (χ4v) is 5.04. The zero-order valence-corrected chi connectivity index (χ0v) is 15.5. The number of fused-ring (bicyclic) bond motifs is 1. The molecule has 4 rings (SSSR count). The molecule has 0 amide bonds. The van der Waals surface area contributed by atoms with Gasteiger partial charge in [-0.1, -0.05) is 25.0 Å². The van der Waals surface area contributed by atoms with Gasteiger partial charge in [0.2, 0.25) is 10.9 Å². The quantitative estimate of drug-likeness (QED) is 0.776. The predicted molar refractivity (Wildman–Crippen MR) is 103 cm³/mol. The van der Waals surface area contributed by atoms with Gasteiger partial charge in [0.1, 0.15) is 5.69 Å². The van der Waals surface area contributed by atoms with Gasteiger partial charge in [-0.2, -0.15) is 0 Å². The molecule has 1 saturated carbocycles. The van der Waals surface area contributed by atoms with Crippen LogP contribution in [0.5, 0.6) is 0 Å². The Morgan fingerprint density at radius 3 is 2.32 bits per heavy atom. The van der Waals surface area contributed by atoms with E-state index in [0.29, 0.717) is 23.2 Å². The van der Waals surface area contributed by atoms with Crippen molar-refractivity contribution < 1.29 is 0 Å².